The number of hydrogen-bond donors (Lipinski definition) is 2. The molecule has 0 saturated heterocycles. The second-order valence-electron chi connectivity index (χ2n) is 4.33. The van der Waals surface area contributed by atoms with Crippen molar-refractivity contribution in [3.63, 3.8) is 0 Å². The van der Waals surface area contributed by atoms with Crippen molar-refractivity contribution in [3.05, 3.63) is 28.8 Å². The van der Waals surface area contributed by atoms with E-state index in [0.717, 1.165) is 48.4 Å². The van der Waals surface area contributed by atoms with Gasteiger partial charge in [0.1, 0.15) is 5.75 Å². The lowest BCUT2D eigenvalue weighted by Gasteiger charge is -2.12. The SMILES string of the molecule is CCOCCNC(=NC)NCCc1ccc(OC)cc1Cl. The van der Waals surface area contributed by atoms with Crippen LogP contribution in [-0.4, -0.2) is 46.4 Å². The third kappa shape index (κ3) is 6.69. The molecule has 0 atom stereocenters. The van der Waals surface area contributed by atoms with Gasteiger partial charge in [0, 0.05) is 31.8 Å². The Morgan fingerprint density at radius 3 is 2.67 bits per heavy atom. The fourth-order valence-corrected chi connectivity index (χ4v) is 2.04. The number of nitrogens with one attached hydrogen (secondary N) is 2. The maximum Gasteiger partial charge on any atom is 0.191 e. The number of nitrogens with zero attached hydrogens (tertiary/aromatic N) is 1. The molecule has 6 heteroatoms. The number of methoxy groups -OCH3 is 1. The molecule has 0 aromatic heterocycles. The van der Waals surface area contributed by atoms with E-state index in [1.165, 1.54) is 0 Å². The van der Waals surface area contributed by atoms with E-state index in [0.29, 0.717) is 6.61 Å². The number of aliphatic imine (C=N–C) groups is 1. The molecule has 0 aliphatic heterocycles. The van der Waals surface area contributed by atoms with E-state index < -0.39 is 0 Å². The molecule has 0 aliphatic rings. The van der Waals surface area contributed by atoms with Crippen LogP contribution in [0.2, 0.25) is 5.02 Å². The van der Waals surface area contributed by atoms with Gasteiger partial charge < -0.3 is 20.1 Å². The van der Waals surface area contributed by atoms with Crippen LogP contribution in [0.3, 0.4) is 0 Å². The molecule has 0 spiro atoms. The highest BCUT2D eigenvalue weighted by Gasteiger charge is 2.03. The van der Waals surface area contributed by atoms with Gasteiger partial charge in [0.05, 0.1) is 13.7 Å². The Labute approximate surface area is 131 Å². The molecule has 0 heterocycles. The zero-order valence-corrected chi connectivity index (χ0v) is 13.7. The minimum absolute atomic E-state index is 0.668. The third-order valence-corrected chi connectivity index (χ3v) is 3.27. The number of rotatable bonds is 8. The van der Waals surface area contributed by atoms with Crippen LogP contribution in [0.1, 0.15) is 12.5 Å². The van der Waals surface area contributed by atoms with Crippen molar-refractivity contribution >= 4 is 17.6 Å². The lowest BCUT2D eigenvalue weighted by Crippen LogP contribution is -2.39. The molecule has 1 aromatic rings. The molecule has 0 bridgehead atoms. The Kier molecular flexibility index (Phi) is 8.62. The largest absolute Gasteiger partial charge is 0.497 e. The van der Waals surface area contributed by atoms with Crippen molar-refractivity contribution in [1.29, 1.82) is 0 Å². The fraction of sp³-hybridized carbons (Fsp3) is 0.533. The quantitative estimate of drug-likeness (QED) is 0.438. The van der Waals surface area contributed by atoms with Gasteiger partial charge >= 0.3 is 0 Å². The zero-order valence-electron chi connectivity index (χ0n) is 12.9. The minimum atomic E-state index is 0.668. The Hall–Kier alpha value is -1.46. The van der Waals surface area contributed by atoms with Crippen LogP contribution in [0.5, 0.6) is 5.75 Å². The average molecular weight is 314 g/mol. The van der Waals surface area contributed by atoms with E-state index in [1.807, 2.05) is 25.1 Å². The van der Waals surface area contributed by atoms with Gasteiger partial charge in [-0.15, -0.1) is 0 Å². The van der Waals surface area contributed by atoms with Gasteiger partial charge in [-0.3, -0.25) is 4.99 Å². The molecular weight excluding hydrogens is 290 g/mol. The smallest absolute Gasteiger partial charge is 0.191 e. The van der Waals surface area contributed by atoms with Gasteiger partial charge in [-0.25, -0.2) is 0 Å². The Balaban J connectivity index is 2.34. The molecule has 118 valence electrons. The first-order valence-corrected chi connectivity index (χ1v) is 7.43. The van der Waals surface area contributed by atoms with Crippen LogP contribution in [0.4, 0.5) is 0 Å². The monoisotopic (exact) mass is 313 g/mol. The van der Waals surface area contributed by atoms with Gasteiger partial charge in [0.15, 0.2) is 5.96 Å². The van der Waals surface area contributed by atoms with Gasteiger partial charge in [-0.1, -0.05) is 17.7 Å². The number of halogens is 1. The van der Waals surface area contributed by atoms with E-state index in [9.17, 15) is 0 Å². The number of guanidine groups is 1. The number of ether oxygens (including phenoxy) is 2. The second kappa shape index (κ2) is 10.3. The molecule has 0 radical (unpaired) electrons. The van der Waals surface area contributed by atoms with Crippen LogP contribution in [-0.2, 0) is 11.2 Å². The summed E-state index contributed by atoms with van der Waals surface area (Å²) in [5.74, 6) is 1.53. The molecule has 0 aliphatic carbocycles. The molecule has 2 N–H and O–H groups in total. The van der Waals surface area contributed by atoms with Crippen molar-refractivity contribution in [1.82, 2.24) is 10.6 Å². The van der Waals surface area contributed by atoms with Crippen molar-refractivity contribution in [2.45, 2.75) is 13.3 Å². The van der Waals surface area contributed by atoms with Crippen LogP contribution in [0.25, 0.3) is 0 Å². The first kappa shape index (κ1) is 17.6. The molecule has 1 aromatic carbocycles. The summed E-state index contributed by atoms with van der Waals surface area (Å²) in [7, 11) is 3.38. The predicted octanol–water partition coefficient (Wildman–Crippen LogP) is 2.09. The Morgan fingerprint density at radius 1 is 1.29 bits per heavy atom. The standard InChI is InChI=1S/C15H24ClN3O2/c1-4-21-10-9-19-15(17-2)18-8-7-12-5-6-13(20-3)11-14(12)16/h5-6,11H,4,7-10H2,1-3H3,(H2,17,18,19). The first-order chi connectivity index (χ1) is 10.2. The van der Waals surface area contributed by atoms with Crippen molar-refractivity contribution < 1.29 is 9.47 Å². The number of hydrogen-bond acceptors (Lipinski definition) is 3. The zero-order chi connectivity index (χ0) is 15.5. The highest BCUT2D eigenvalue weighted by Crippen LogP contribution is 2.22. The van der Waals surface area contributed by atoms with E-state index in [1.54, 1.807) is 14.2 Å². The molecule has 0 amide bonds. The van der Waals surface area contributed by atoms with Crippen LogP contribution in [0, 0.1) is 0 Å². The molecule has 0 fully saturated rings. The summed E-state index contributed by atoms with van der Waals surface area (Å²) in [6, 6.07) is 5.72. The fourth-order valence-electron chi connectivity index (χ4n) is 1.78. The van der Waals surface area contributed by atoms with Gasteiger partial charge in [-0.05, 0) is 31.0 Å². The van der Waals surface area contributed by atoms with E-state index in [-0.39, 0.29) is 0 Å². The maximum absolute atomic E-state index is 6.21. The summed E-state index contributed by atoms with van der Waals surface area (Å²) in [6.07, 6.45) is 0.814. The van der Waals surface area contributed by atoms with E-state index >= 15 is 0 Å². The number of benzene rings is 1. The molecular formula is C15H24ClN3O2. The van der Waals surface area contributed by atoms with Crippen molar-refractivity contribution in [2.75, 3.05) is 40.5 Å². The summed E-state index contributed by atoms with van der Waals surface area (Å²) >= 11 is 6.21. The van der Waals surface area contributed by atoms with Crippen LogP contribution in [0.15, 0.2) is 23.2 Å². The normalized spacial score (nSPS) is 11.3. The molecule has 5 nitrogen and oxygen atoms in total. The Morgan fingerprint density at radius 2 is 2.05 bits per heavy atom. The Bertz CT molecular complexity index is 453. The highest BCUT2D eigenvalue weighted by molar-refractivity contribution is 6.31. The van der Waals surface area contributed by atoms with E-state index in [4.69, 9.17) is 21.1 Å². The summed E-state index contributed by atoms with van der Waals surface area (Å²) < 4.78 is 10.4. The van der Waals surface area contributed by atoms with Gasteiger partial charge in [-0.2, -0.15) is 0 Å². The topological polar surface area (TPSA) is 54.9 Å². The lowest BCUT2D eigenvalue weighted by molar-refractivity contribution is 0.152. The van der Waals surface area contributed by atoms with Crippen LogP contribution >= 0.6 is 11.6 Å². The lowest BCUT2D eigenvalue weighted by atomic mass is 10.1. The van der Waals surface area contributed by atoms with Crippen molar-refractivity contribution in [3.8, 4) is 5.75 Å². The predicted molar refractivity (Wildman–Crippen MR) is 87.6 cm³/mol. The second-order valence-corrected chi connectivity index (χ2v) is 4.74. The van der Waals surface area contributed by atoms with Crippen LogP contribution < -0.4 is 15.4 Å². The highest BCUT2D eigenvalue weighted by atomic mass is 35.5. The first-order valence-electron chi connectivity index (χ1n) is 7.06. The minimum Gasteiger partial charge on any atom is -0.497 e. The molecule has 21 heavy (non-hydrogen) atoms. The molecule has 0 saturated carbocycles. The average Bonchev–Trinajstić information content (AvgIpc) is 2.51. The van der Waals surface area contributed by atoms with Gasteiger partial charge in [0.2, 0.25) is 0 Å². The third-order valence-electron chi connectivity index (χ3n) is 2.91. The summed E-state index contributed by atoms with van der Waals surface area (Å²) in [5, 5.41) is 7.15. The maximum atomic E-state index is 6.21. The van der Waals surface area contributed by atoms with Crippen molar-refractivity contribution in [2.24, 2.45) is 4.99 Å². The van der Waals surface area contributed by atoms with Gasteiger partial charge in [0.25, 0.3) is 0 Å². The van der Waals surface area contributed by atoms with E-state index in [2.05, 4.69) is 15.6 Å². The summed E-state index contributed by atoms with van der Waals surface area (Å²) in [5.41, 5.74) is 1.08. The molecule has 0 unspecified atom stereocenters. The summed E-state index contributed by atoms with van der Waals surface area (Å²) in [6.45, 7) is 4.86. The summed E-state index contributed by atoms with van der Waals surface area (Å²) in [4.78, 5) is 4.15. The molecule has 1 rings (SSSR count).